The highest BCUT2D eigenvalue weighted by Crippen LogP contribution is 2.40. The number of rotatable bonds is 6. The van der Waals surface area contributed by atoms with E-state index in [1.807, 2.05) is 6.07 Å². The molecular formula is C18H15ClN2O2S2. The number of nitriles is 1. The minimum Gasteiger partial charge on any atom is -0.316 e. The number of aryl methyl sites for hydroxylation is 1. The Morgan fingerprint density at radius 2 is 2.04 bits per heavy atom. The average Bonchev–Trinajstić information content (AvgIpc) is 3.16. The molecule has 0 unspecified atom stereocenters. The van der Waals surface area contributed by atoms with Crippen LogP contribution in [0.2, 0.25) is 5.02 Å². The molecule has 1 aromatic carbocycles. The third-order valence-corrected chi connectivity index (χ3v) is 6.17. The van der Waals surface area contributed by atoms with Gasteiger partial charge in [0.1, 0.15) is 5.00 Å². The number of halogens is 1. The average molecular weight is 391 g/mol. The molecule has 2 aromatic rings. The van der Waals surface area contributed by atoms with E-state index >= 15 is 0 Å². The van der Waals surface area contributed by atoms with Gasteiger partial charge in [0.15, 0.2) is 5.78 Å². The van der Waals surface area contributed by atoms with E-state index in [1.165, 1.54) is 28.0 Å². The molecule has 1 amide bonds. The number of hydrogen-bond acceptors (Lipinski definition) is 5. The lowest BCUT2D eigenvalue weighted by Crippen LogP contribution is -2.16. The number of nitrogens with one attached hydrogen (secondary N) is 1. The summed E-state index contributed by atoms with van der Waals surface area (Å²) in [4.78, 5) is 26.3. The summed E-state index contributed by atoms with van der Waals surface area (Å²) >= 11 is 8.65. The van der Waals surface area contributed by atoms with Gasteiger partial charge >= 0.3 is 0 Å². The van der Waals surface area contributed by atoms with Gasteiger partial charge in [-0.05, 0) is 49.1 Å². The monoisotopic (exact) mass is 390 g/mol. The molecule has 1 aliphatic rings. The molecule has 1 heterocycles. The van der Waals surface area contributed by atoms with Crippen molar-refractivity contribution in [3.8, 4) is 6.07 Å². The maximum Gasteiger partial charge on any atom is 0.235 e. The topological polar surface area (TPSA) is 70.0 Å². The number of thiophene rings is 1. The van der Waals surface area contributed by atoms with Crippen molar-refractivity contribution >= 4 is 51.4 Å². The Morgan fingerprint density at radius 1 is 1.28 bits per heavy atom. The second-order valence-electron chi connectivity index (χ2n) is 5.60. The number of amides is 1. The molecule has 7 heteroatoms. The molecule has 128 valence electrons. The lowest BCUT2D eigenvalue weighted by atomic mass is 10.0. The normalized spacial score (nSPS) is 12.5. The molecule has 0 atom stereocenters. The Balaban J connectivity index is 1.87. The highest BCUT2D eigenvalue weighted by Gasteiger charge is 2.28. The van der Waals surface area contributed by atoms with Gasteiger partial charge < -0.3 is 5.32 Å². The van der Waals surface area contributed by atoms with E-state index in [0.29, 0.717) is 21.2 Å². The number of carbonyl (C=O) groups is 2. The first-order valence-electron chi connectivity index (χ1n) is 7.79. The number of nitrogens with zero attached hydrogens (tertiary/aromatic N) is 1. The van der Waals surface area contributed by atoms with Crippen LogP contribution in [-0.2, 0) is 17.6 Å². The van der Waals surface area contributed by atoms with E-state index in [-0.39, 0.29) is 23.2 Å². The van der Waals surface area contributed by atoms with Crippen LogP contribution in [0.1, 0.15) is 32.8 Å². The molecule has 0 spiro atoms. The van der Waals surface area contributed by atoms with E-state index in [4.69, 9.17) is 16.9 Å². The van der Waals surface area contributed by atoms with Gasteiger partial charge in [-0.25, -0.2) is 0 Å². The number of anilines is 1. The Hall–Kier alpha value is -1.81. The van der Waals surface area contributed by atoms with Gasteiger partial charge in [-0.15, -0.1) is 23.1 Å². The van der Waals surface area contributed by atoms with Crippen LogP contribution in [-0.4, -0.2) is 23.2 Å². The van der Waals surface area contributed by atoms with Gasteiger partial charge in [-0.2, -0.15) is 5.26 Å². The Bertz CT molecular complexity index is 853. The van der Waals surface area contributed by atoms with Gasteiger partial charge in [0.05, 0.1) is 23.1 Å². The second-order valence-corrected chi connectivity index (χ2v) is 8.12. The fourth-order valence-electron chi connectivity index (χ4n) is 2.83. The van der Waals surface area contributed by atoms with Crippen LogP contribution in [0.5, 0.6) is 0 Å². The summed E-state index contributed by atoms with van der Waals surface area (Å²) in [6.07, 6.45) is 2.84. The van der Waals surface area contributed by atoms with Crippen molar-refractivity contribution in [1.29, 1.82) is 5.26 Å². The standard InChI is InChI=1S/C18H15ClN2O2S2/c19-12-6-4-11(5-7-12)17(23)16-13-2-1-3-14(13)25-18(16)21-15(22)10-24-9-8-20/h4-7H,1-3,9-10H2,(H,21,22). The third kappa shape index (κ3) is 4.06. The molecule has 1 aliphatic carbocycles. The Labute approximate surface area is 159 Å². The third-order valence-electron chi connectivity index (χ3n) is 3.91. The first-order valence-corrected chi connectivity index (χ1v) is 10.1. The summed E-state index contributed by atoms with van der Waals surface area (Å²) < 4.78 is 0. The Kier molecular flexibility index (Phi) is 5.79. The first kappa shape index (κ1) is 18.0. The zero-order valence-electron chi connectivity index (χ0n) is 13.3. The SMILES string of the molecule is N#CCSCC(=O)Nc1sc2c(c1C(=O)c1ccc(Cl)cc1)CCC2. The summed E-state index contributed by atoms with van der Waals surface area (Å²) in [5.74, 6) is 0.191. The molecule has 0 fully saturated rings. The van der Waals surface area contributed by atoms with Crippen molar-refractivity contribution in [3.05, 3.63) is 50.9 Å². The molecule has 3 rings (SSSR count). The van der Waals surface area contributed by atoms with Crippen molar-refractivity contribution in [3.63, 3.8) is 0 Å². The summed E-state index contributed by atoms with van der Waals surface area (Å²) in [5, 5.41) is 12.6. The minimum atomic E-state index is -0.190. The smallest absolute Gasteiger partial charge is 0.235 e. The first-order chi connectivity index (χ1) is 12.1. The number of carbonyl (C=O) groups excluding carboxylic acids is 2. The van der Waals surface area contributed by atoms with E-state index in [9.17, 15) is 9.59 Å². The number of fused-ring (bicyclic) bond motifs is 1. The molecule has 25 heavy (non-hydrogen) atoms. The van der Waals surface area contributed by atoms with Gasteiger partial charge in [-0.3, -0.25) is 9.59 Å². The highest BCUT2D eigenvalue weighted by molar-refractivity contribution is 8.00. The van der Waals surface area contributed by atoms with E-state index in [2.05, 4.69) is 5.32 Å². The van der Waals surface area contributed by atoms with Gasteiger partial charge in [0.2, 0.25) is 5.91 Å². The van der Waals surface area contributed by atoms with Crippen molar-refractivity contribution in [2.24, 2.45) is 0 Å². The number of hydrogen-bond donors (Lipinski definition) is 1. The van der Waals surface area contributed by atoms with Crippen LogP contribution < -0.4 is 5.32 Å². The fraction of sp³-hybridized carbons (Fsp3) is 0.278. The van der Waals surface area contributed by atoms with Crippen LogP contribution >= 0.6 is 34.7 Å². The van der Waals surface area contributed by atoms with Gasteiger partial charge in [0.25, 0.3) is 0 Å². The number of thioether (sulfide) groups is 1. The molecule has 0 bridgehead atoms. The van der Waals surface area contributed by atoms with E-state index in [1.54, 1.807) is 24.3 Å². The zero-order chi connectivity index (χ0) is 17.8. The number of ketones is 1. The van der Waals surface area contributed by atoms with Crippen LogP contribution in [0.25, 0.3) is 0 Å². The predicted octanol–water partition coefficient (Wildman–Crippen LogP) is 4.32. The van der Waals surface area contributed by atoms with Crippen molar-refractivity contribution < 1.29 is 9.59 Å². The van der Waals surface area contributed by atoms with Crippen molar-refractivity contribution in [1.82, 2.24) is 0 Å². The second kappa shape index (κ2) is 8.05. The summed E-state index contributed by atoms with van der Waals surface area (Å²) in [5.41, 5.74) is 2.23. The van der Waals surface area contributed by atoms with Gasteiger partial charge in [0, 0.05) is 15.5 Å². The van der Waals surface area contributed by atoms with E-state index < -0.39 is 0 Å². The summed E-state index contributed by atoms with van der Waals surface area (Å²) in [7, 11) is 0. The molecule has 0 aliphatic heterocycles. The van der Waals surface area contributed by atoms with Gasteiger partial charge in [-0.1, -0.05) is 11.6 Å². The zero-order valence-corrected chi connectivity index (χ0v) is 15.7. The highest BCUT2D eigenvalue weighted by atomic mass is 35.5. The molecule has 0 saturated heterocycles. The molecule has 0 radical (unpaired) electrons. The fourth-order valence-corrected chi connectivity index (χ4v) is 4.71. The quantitative estimate of drug-likeness (QED) is 0.589. The van der Waals surface area contributed by atoms with Crippen LogP contribution in [0.15, 0.2) is 24.3 Å². The maximum absolute atomic E-state index is 13.0. The van der Waals surface area contributed by atoms with Crippen molar-refractivity contribution in [2.45, 2.75) is 19.3 Å². The molecular weight excluding hydrogens is 376 g/mol. The summed E-state index contributed by atoms with van der Waals surface area (Å²) in [6, 6.07) is 8.79. The lowest BCUT2D eigenvalue weighted by Gasteiger charge is -2.08. The maximum atomic E-state index is 13.0. The molecule has 0 saturated carbocycles. The number of benzene rings is 1. The largest absolute Gasteiger partial charge is 0.316 e. The van der Waals surface area contributed by atoms with Crippen LogP contribution in [0.3, 0.4) is 0 Å². The van der Waals surface area contributed by atoms with E-state index in [0.717, 1.165) is 24.8 Å². The predicted molar refractivity (Wildman–Crippen MR) is 103 cm³/mol. The summed E-state index contributed by atoms with van der Waals surface area (Å²) in [6.45, 7) is 0. The van der Waals surface area contributed by atoms with Crippen LogP contribution in [0.4, 0.5) is 5.00 Å². The molecule has 1 aromatic heterocycles. The molecule has 4 nitrogen and oxygen atoms in total. The molecule has 1 N–H and O–H groups in total. The lowest BCUT2D eigenvalue weighted by molar-refractivity contribution is -0.113. The van der Waals surface area contributed by atoms with Crippen LogP contribution in [0, 0.1) is 11.3 Å². The minimum absolute atomic E-state index is 0.0870. The van der Waals surface area contributed by atoms with Crippen molar-refractivity contribution in [2.75, 3.05) is 16.8 Å². The Morgan fingerprint density at radius 3 is 2.76 bits per heavy atom.